The quantitative estimate of drug-likeness (QED) is 0.809. The van der Waals surface area contributed by atoms with Crippen molar-refractivity contribution in [2.75, 3.05) is 6.54 Å². The van der Waals surface area contributed by atoms with Crippen molar-refractivity contribution in [1.29, 1.82) is 0 Å². The monoisotopic (exact) mass is 286 g/mol. The van der Waals surface area contributed by atoms with Gasteiger partial charge in [-0.15, -0.1) is 0 Å². The van der Waals surface area contributed by atoms with E-state index < -0.39 is 0 Å². The van der Waals surface area contributed by atoms with E-state index in [2.05, 4.69) is 23.9 Å². The molecule has 2 unspecified atom stereocenters. The smallest absolute Gasteiger partial charge is 0.257 e. The highest BCUT2D eigenvalue weighted by Crippen LogP contribution is 2.24. The molecule has 1 saturated heterocycles. The first-order chi connectivity index (χ1) is 9.97. The number of fused-ring (bicyclic) bond motifs is 1. The van der Waals surface area contributed by atoms with Crippen LogP contribution in [-0.4, -0.2) is 38.0 Å². The molecular weight excluding hydrogens is 264 g/mol. The van der Waals surface area contributed by atoms with Gasteiger partial charge in [0.15, 0.2) is 5.65 Å². The average molecular weight is 286 g/mol. The van der Waals surface area contributed by atoms with E-state index in [1.165, 1.54) is 6.42 Å². The zero-order valence-corrected chi connectivity index (χ0v) is 13.1. The zero-order valence-electron chi connectivity index (χ0n) is 13.1. The molecule has 0 N–H and O–H groups in total. The lowest BCUT2D eigenvalue weighted by Crippen LogP contribution is -2.45. The summed E-state index contributed by atoms with van der Waals surface area (Å²) in [5.74, 6) is 0.642. The third-order valence-electron chi connectivity index (χ3n) is 4.46. The number of carbonyl (C=O) groups excluding carboxylic acids is 1. The minimum absolute atomic E-state index is 0.0779. The van der Waals surface area contributed by atoms with E-state index in [0.717, 1.165) is 30.0 Å². The fourth-order valence-electron chi connectivity index (χ4n) is 3.10. The summed E-state index contributed by atoms with van der Waals surface area (Å²) in [6, 6.07) is 2.22. The molecule has 2 aromatic rings. The van der Waals surface area contributed by atoms with Crippen LogP contribution >= 0.6 is 0 Å². The number of likely N-dealkylation sites (tertiary alicyclic amines) is 1. The van der Waals surface area contributed by atoms with Gasteiger partial charge in [-0.05, 0) is 39.5 Å². The molecule has 0 radical (unpaired) electrons. The van der Waals surface area contributed by atoms with Gasteiger partial charge in [0.25, 0.3) is 5.91 Å². The van der Waals surface area contributed by atoms with Crippen LogP contribution in [0, 0.1) is 19.8 Å². The lowest BCUT2D eigenvalue weighted by Gasteiger charge is -2.37. The summed E-state index contributed by atoms with van der Waals surface area (Å²) < 4.78 is 1.76. The number of piperidine rings is 1. The molecular formula is C16H22N4O. The highest BCUT2D eigenvalue weighted by atomic mass is 16.2. The van der Waals surface area contributed by atoms with Crippen LogP contribution in [0.2, 0.25) is 0 Å². The van der Waals surface area contributed by atoms with Crippen molar-refractivity contribution in [1.82, 2.24) is 19.5 Å². The maximum Gasteiger partial charge on any atom is 0.257 e. The normalized spacial score (nSPS) is 22.8. The third-order valence-corrected chi connectivity index (χ3v) is 4.46. The highest BCUT2D eigenvalue weighted by Gasteiger charge is 2.29. The standard InChI is InChI=1S/C16H22N4O/c1-10-5-6-12(3)19(9-10)16(21)14-8-17-15-7-11(2)18-20(15)13(14)4/h7-8,10,12H,5-6,9H2,1-4H3. The molecule has 0 saturated carbocycles. The van der Waals surface area contributed by atoms with Crippen LogP contribution in [0.25, 0.3) is 5.65 Å². The maximum atomic E-state index is 12.9. The number of amides is 1. The van der Waals surface area contributed by atoms with E-state index in [1.807, 2.05) is 24.8 Å². The largest absolute Gasteiger partial charge is 0.336 e. The molecule has 2 atom stereocenters. The first-order valence-corrected chi connectivity index (χ1v) is 7.60. The topological polar surface area (TPSA) is 50.5 Å². The Balaban J connectivity index is 1.99. The number of carbonyl (C=O) groups is 1. The van der Waals surface area contributed by atoms with E-state index in [1.54, 1.807) is 10.7 Å². The molecule has 0 spiro atoms. The number of aryl methyl sites for hydroxylation is 2. The number of rotatable bonds is 1. The van der Waals surface area contributed by atoms with Crippen molar-refractivity contribution >= 4 is 11.6 Å². The van der Waals surface area contributed by atoms with Gasteiger partial charge < -0.3 is 4.90 Å². The molecule has 21 heavy (non-hydrogen) atoms. The number of aromatic nitrogens is 3. The minimum atomic E-state index is 0.0779. The van der Waals surface area contributed by atoms with Crippen LogP contribution in [0.5, 0.6) is 0 Å². The Labute approximate surface area is 125 Å². The van der Waals surface area contributed by atoms with E-state index in [0.29, 0.717) is 17.5 Å². The lowest BCUT2D eigenvalue weighted by atomic mass is 9.94. The SMILES string of the molecule is Cc1cc2ncc(C(=O)N3CC(C)CCC3C)c(C)n2n1. The predicted octanol–water partition coefficient (Wildman–Crippen LogP) is 2.61. The third kappa shape index (κ3) is 2.41. The zero-order chi connectivity index (χ0) is 15.1. The first-order valence-electron chi connectivity index (χ1n) is 7.60. The van der Waals surface area contributed by atoms with Gasteiger partial charge in [0.2, 0.25) is 0 Å². The Morgan fingerprint density at radius 3 is 2.81 bits per heavy atom. The molecule has 3 rings (SSSR count). The van der Waals surface area contributed by atoms with Crippen LogP contribution in [0.15, 0.2) is 12.3 Å². The molecule has 0 bridgehead atoms. The van der Waals surface area contributed by atoms with Gasteiger partial charge in [0.1, 0.15) is 0 Å². The van der Waals surface area contributed by atoms with E-state index in [9.17, 15) is 4.79 Å². The second-order valence-corrected chi connectivity index (χ2v) is 6.30. The summed E-state index contributed by atoms with van der Waals surface area (Å²) in [4.78, 5) is 19.2. The summed E-state index contributed by atoms with van der Waals surface area (Å²) in [6.45, 7) is 9.03. The Morgan fingerprint density at radius 1 is 1.29 bits per heavy atom. The van der Waals surface area contributed by atoms with Gasteiger partial charge in [0, 0.05) is 24.8 Å². The van der Waals surface area contributed by atoms with Crippen molar-refractivity contribution < 1.29 is 4.79 Å². The molecule has 3 heterocycles. The van der Waals surface area contributed by atoms with Gasteiger partial charge in [0.05, 0.1) is 17.0 Å². The summed E-state index contributed by atoms with van der Waals surface area (Å²) in [5, 5.41) is 4.42. The van der Waals surface area contributed by atoms with Crippen LogP contribution in [-0.2, 0) is 0 Å². The van der Waals surface area contributed by atoms with Gasteiger partial charge >= 0.3 is 0 Å². The maximum absolute atomic E-state index is 12.9. The van der Waals surface area contributed by atoms with Gasteiger partial charge in [-0.1, -0.05) is 6.92 Å². The molecule has 0 aromatic carbocycles. The molecule has 1 fully saturated rings. The van der Waals surface area contributed by atoms with E-state index in [4.69, 9.17) is 0 Å². The van der Waals surface area contributed by atoms with Gasteiger partial charge in [-0.3, -0.25) is 4.79 Å². The molecule has 2 aromatic heterocycles. The molecule has 1 aliphatic rings. The van der Waals surface area contributed by atoms with Crippen LogP contribution in [0.3, 0.4) is 0 Å². The second-order valence-electron chi connectivity index (χ2n) is 6.30. The Bertz CT molecular complexity index is 691. The number of hydrogen-bond acceptors (Lipinski definition) is 3. The van der Waals surface area contributed by atoms with Crippen LogP contribution in [0.1, 0.15) is 48.4 Å². The summed E-state index contributed by atoms with van der Waals surface area (Å²) in [6.07, 6.45) is 3.96. The summed E-state index contributed by atoms with van der Waals surface area (Å²) in [7, 11) is 0. The molecule has 0 aliphatic carbocycles. The van der Waals surface area contributed by atoms with E-state index in [-0.39, 0.29) is 5.91 Å². The summed E-state index contributed by atoms with van der Waals surface area (Å²) >= 11 is 0. The van der Waals surface area contributed by atoms with Crippen molar-refractivity contribution in [2.45, 2.75) is 46.6 Å². The molecule has 1 aliphatic heterocycles. The van der Waals surface area contributed by atoms with Crippen LogP contribution in [0.4, 0.5) is 0 Å². The second kappa shape index (κ2) is 5.13. The molecule has 112 valence electrons. The van der Waals surface area contributed by atoms with Gasteiger partial charge in [-0.2, -0.15) is 5.10 Å². The fourth-order valence-corrected chi connectivity index (χ4v) is 3.10. The number of nitrogens with zero attached hydrogens (tertiary/aromatic N) is 4. The van der Waals surface area contributed by atoms with E-state index >= 15 is 0 Å². The van der Waals surface area contributed by atoms with Gasteiger partial charge in [-0.25, -0.2) is 9.50 Å². The highest BCUT2D eigenvalue weighted by molar-refractivity contribution is 5.95. The first kappa shape index (κ1) is 14.0. The molecule has 1 amide bonds. The van der Waals surface area contributed by atoms with Crippen LogP contribution < -0.4 is 0 Å². The molecule has 5 nitrogen and oxygen atoms in total. The lowest BCUT2D eigenvalue weighted by molar-refractivity contribution is 0.0572. The summed E-state index contributed by atoms with van der Waals surface area (Å²) in [5.41, 5.74) is 3.23. The molecule has 5 heteroatoms. The Hall–Kier alpha value is -1.91. The number of hydrogen-bond donors (Lipinski definition) is 0. The van der Waals surface area contributed by atoms with Crippen molar-refractivity contribution in [2.24, 2.45) is 5.92 Å². The minimum Gasteiger partial charge on any atom is -0.336 e. The van der Waals surface area contributed by atoms with Crippen molar-refractivity contribution in [3.63, 3.8) is 0 Å². The van der Waals surface area contributed by atoms with Crippen molar-refractivity contribution in [3.8, 4) is 0 Å². The predicted molar refractivity (Wildman–Crippen MR) is 81.4 cm³/mol. The Kier molecular flexibility index (Phi) is 3.43. The Morgan fingerprint density at radius 2 is 2.05 bits per heavy atom. The average Bonchev–Trinajstić information content (AvgIpc) is 2.83. The van der Waals surface area contributed by atoms with Crippen molar-refractivity contribution in [3.05, 3.63) is 29.2 Å². The fraction of sp³-hybridized carbons (Fsp3) is 0.562.